The molecule has 0 saturated heterocycles. The molecule has 3 heterocycles. The van der Waals surface area contributed by atoms with E-state index in [9.17, 15) is 0 Å². The average molecular weight is 246 g/mol. The molecule has 3 aromatic rings. The van der Waals surface area contributed by atoms with Gasteiger partial charge in [-0.3, -0.25) is 4.98 Å². The fourth-order valence-electron chi connectivity index (χ4n) is 1.57. The van der Waals surface area contributed by atoms with E-state index in [0.29, 0.717) is 0 Å². The Kier molecular flexibility index (Phi) is 2.46. The van der Waals surface area contributed by atoms with Crippen LogP contribution >= 0.6 is 22.7 Å². The lowest BCUT2D eigenvalue weighted by Gasteiger charge is -1.95. The molecule has 0 aliphatic carbocycles. The van der Waals surface area contributed by atoms with Crippen LogP contribution in [0.4, 0.5) is 0 Å². The number of thiophene rings is 1. The third-order valence-electron chi connectivity index (χ3n) is 2.46. The van der Waals surface area contributed by atoms with Crippen molar-refractivity contribution >= 4 is 32.9 Å². The van der Waals surface area contributed by atoms with Crippen LogP contribution < -0.4 is 0 Å². The molecule has 80 valence electrons. The largest absolute Gasteiger partial charge is 0.255 e. The Bertz CT molecular complexity index is 625. The van der Waals surface area contributed by atoms with Gasteiger partial charge in [0, 0.05) is 17.1 Å². The third kappa shape index (κ3) is 1.64. The van der Waals surface area contributed by atoms with Crippen LogP contribution in [0, 0.1) is 0 Å². The van der Waals surface area contributed by atoms with Gasteiger partial charge in [0.25, 0.3) is 0 Å². The molecule has 4 heteroatoms. The highest BCUT2D eigenvalue weighted by Gasteiger charge is 2.05. The molecule has 0 atom stereocenters. The van der Waals surface area contributed by atoms with Crippen molar-refractivity contribution < 1.29 is 0 Å². The Morgan fingerprint density at radius 3 is 3.06 bits per heavy atom. The molecule has 0 unspecified atom stereocenters. The zero-order valence-electron chi connectivity index (χ0n) is 8.80. The van der Waals surface area contributed by atoms with Gasteiger partial charge in [0.15, 0.2) is 0 Å². The Morgan fingerprint density at radius 2 is 2.25 bits per heavy atom. The normalized spacial score (nSPS) is 11.1. The minimum absolute atomic E-state index is 0.991. The van der Waals surface area contributed by atoms with Crippen molar-refractivity contribution in [3.63, 3.8) is 0 Å². The van der Waals surface area contributed by atoms with E-state index in [2.05, 4.69) is 33.7 Å². The number of hydrogen-bond acceptors (Lipinski definition) is 4. The van der Waals surface area contributed by atoms with E-state index >= 15 is 0 Å². The fraction of sp³-hybridized carbons (Fsp3) is 0.167. The molecule has 0 amide bonds. The minimum atomic E-state index is 0.991. The van der Waals surface area contributed by atoms with Gasteiger partial charge in [-0.2, -0.15) is 0 Å². The molecule has 0 aliphatic heterocycles. The molecule has 0 saturated carbocycles. The van der Waals surface area contributed by atoms with Gasteiger partial charge in [0.1, 0.15) is 5.01 Å². The Morgan fingerprint density at radius 1 is 1.31 bits per heavy atom. The van der Waals surface area contributed by atoms with Crippen molar-refractivity contribution in [3.05, 3.63) is 34.8 Å². The number of pyridine rings is 1. The summed E-state index contributed by atoms with van der Waals surface area (Å²) in [4.78, 5) is 9.00. The molecule has 0 N–H and O–H groups in total. The Labute approximate surface area is 102 Å². The highest BCUT2D eigenvalue weighted by Crippen LogP contribution is 2.28. The molecular weight excluding hydrogens is 236 g/mol. The van der Waals surface area contributed by atoms with Crippen LogP contribution in [0.15, 0.2) is 29.1 Å². The lowest BCUT2D eigenvalue weighted by atomic mass is 10.3. The molecule has 0 aromatic carbocycles. The van der Waals surface area contributed by atoms with E-state index in [1.165, 1.54) is 4.70 Å². The van der Waals surface area contributed by atoms with Crippen LogP contribution in [0.5, 0.6) is 0 Å². The zero-order chi connectivity index (χ0) is 11.0. The van der Waals surface area contributed by atoms with Crippen molar-refractivity contribution in [2.24, 2.45) is 0 Å². The summed E-state index contributed by atoms with van der Waals surface area (Å²) in [6, 6.07) is 4.22. The first kappa shape index (κ1) is 9.93. The number of aryl methyl sites for hydroxylation is 1. The van der Waals surface area contributed by atoms with E-state index < -0.39 is 0 Å². The lowest BCUT2D eigenvalue weighted by molar-refractivity contribution is 1.07. The topological polar surface area (TPSA) is 25.8 Å². The summed E-state index contributed by atoms with van der Waals surface area (Å²) in [5.74, 6) is 0. The summed E-state index contributed by atoms with van der Waals surface area (Å²) in [5, 5.41) is 5.26. The van der Waals surface area contributed by atoms with Gasteiger partial charge in [-0.15, -0.1) is 22.7 Å². The molecule has 0 aliphatic rings. The first-order valence-corrected chi connectivity index (χ1v) is 6.91. The molecule has 3 aromatic heterocycles. The number of hydrogen-bond donors (Lipinski definition) is 0. The van der Waals surface area contributed by atoms with Gasteiger partial charge in [-0.05, 0) is 23.9 Å². The van der Waals surface area contributed by atoms with Crippen molar-refractivity contribution in [1.82, 2.24) is 9.97 Å². The van der Waals surface area contributed by atoms with Gasteiger partial charge < -0.3 is 0 Å². The van der Waals surface area contributed by atoms with E-state index in [1.54, 1.807) is 22.7 Å². The van der Waals surface area contributed by atoms with Crippen molar-refractivity contribution in [2.75, 3.05) is 0 Å². The van der Waals surface area contributed by atoms with Crippen molar-refractivity contribution in [2.45, 2.75) is 13.3 Å². The van der Waals surface area contributed by atoms with Gasteiger partial charge in [-0.25, -0.2) is 4.98 Å². The predicted octanol–water partition coefficient (Wildman–Crippen LogP) is 3.98. The minimum Gasteiger partial charge on any atom is -0.255 e. The molecule has 2 nitrogen and oxygen atoms in total. The maximum atomic E-state index is 4.57. The van der Waals surface area contributed by atoms with Crippen LogP contribution in [-0.2, 0) is 6.42 Å². The van der Waals surface area contributed by atoms with E-state index in [1.807, 2.05) is 12.3 Å². The van der Waals surface area contributed by atoms with Gasteiger partial charge in [0.2, 0.25) is 0 Å². The highest BCUT2D eigenvalue weighted by atomic mass is 32.1. The average Bonchev–Trinajstić information content (AvgIpc) is 2.96. The first-order valence-electron chi connectivity index (χ1n) is 5.15. The second-order valence-electron chi connectivity index (χ2n) is 3.53. The SMILES string of the molecule is CCc1csc(-c2cnc3ccsc3c2)n1. The smallest absolute Gasteiger partial charge is 0.125 e. The summed E-state index contributed by atoms with van der Waals surface area (Å²) >= 11 is 3.41. The second kappa shape index (κ2) is 3.96. The Balaban J connectivity index is 2.10. The number of aromatic nitrogens is 2. The van der Waals surface area contributed by atoms with Crippen LogP contribution in [0.25, 0.3) is 20.8 Å². The molecular formula is C12H10N2S2. The second-order valence-corrected chi connectivity index (χ2v) is 5.33. The summed E-state index contributed by atoms with van der Waals surface area (Å²) in [6.45, 7) is 2.12. The van der Waals surface area contributed by atoms with Crippen LogP contribution in [0.1, 0.15) is 12.6 Å². The van der Waals surface area contributed by atoms with Crippen LogP contribution in [-0.4, -0.2) is 9.97 Å². The van der Waals surface area contributed by atoms with Crippen LogP contribution in [0.2, 0.25) is 0 Å². The zero-order valence-corrected chi connectivity index (χ0v) is 10.4. The van der Waals surface area contributed by atoms with E-state index in [0.717, 1.165) is 28.2 Å². The number of thiazole rings is 1. The van der Waals surface area contributed by atoms with E-state index in [-0.39, 0.29) is 0 Å². The van der Waals surface area contributed by atoms with Gasteiger partial charge >= 0.3 is 0 Å². The molecule has 3 rings (SSSR count). The van der Waals surface area contributed by atoms with Gasteiger partial charge in [-0.1, -0.05) is 6.92 Å². The quantitative estimate of drug-likeness (QED) is 0.683. The standard InChI is InChI=1S/C12H10N2S2/c1-2-9-7-16-12(14-9)8-5-11-10(13-6-8)3-4-15-11/h3-7H,2H2,1H3. The first-order chi connectivity index (χ1) is 7.86. The van der Waals surface area contributed by atoms with Gasteiger partial charge in [0.05, 0.1) is 15.9 Å². The van der Waals surface area contributed by atoms with Crippen molar-refractivity contribution in [1.29, 1.82) is 0 Å². The lowest BCUT2D eigenvalue weighted by Crippen LogP contribution is -1.81. The number of fused-ring (bicyclic) bond motifs is 1. The predicted molar refractivity (Wildman–Crippen MR) is 70.1 cm³/mol. The summed E-state index contributed by atoms with van der Waals surface area (Å²) in [5.41, 5.74) is 3.35. The monoisotopic (exact) mass is 246 g/mol. The third-order valence-corrected chi connectivity index (χ3v) is 4.26. The summed E-state index contributed by atoms with van der Waals surface area (Å²) in [6.07, 6.45) is 2.90. The highest BCUT2D eigenvalue weighted by molar-refractivity contribution is 7.17. The number of nitrogens with zero attached hydrogens (tertiary/aromatic N) is 2. The number of rotatable bonds is 2. The maximum Gasteiger partial charge on any atom is 0.125 e. The molecule has 0 fully saturated rings. The summed E-state index contributed by atoms with van der Waals surface area (Å²) in [7, 11) is 0. The molecule has 0 radical (unpaired) electrons. The maximum absolute atomic E-state index is 4.57. The van der Waals surface area contributed by atoms with E-state index in [4.69, 9.17) is 0 Å². The fourth-order valence-corrected chi connectivity index (χ4v) is 3.23. The molecule has 16 heavy (non-hydrogen) atoms. The molecule has 0 bridgehead atoms. The molecule has 0 spiro atoms. The van der Waals surface area contributed by atoms with Crippen LogP contribution in [0.3, 0.4) is 0 Å². The summed E-state index contributed by atoms with van der Waals surface area (Å²) < 4.78 is 1.23. The van der Waals surface area contributed by atoms with Crippen molar-refractivity contribution in [3.8, 4) is 10.6 Å². The Hall–Kier alpha value is -1.26.